The molecule has 0 fully saturated rings. The highest BCUT2D eigenvalue weighted by Crippen LogP contribution is 2.14. The molecule has 0 aromatic heterocycles. The van der Waals surface area contributed by atoms with Gasteiger partial charge in [-0.25, -0.2) is 4.39 Å². The van der Waals surface area contributed by atoms with Gasteiger partial charge in [0.05, 0.1) is 11.8 Å². The molecule has 2 aromatic rings. The average molecular weight is 318 g/mol. The SMILES string of the molecule is CC(C)Oc1ccc(CNC(=S)Nc2ccccc2F)cc1. The number of rotatable bonds is 5. The monoisotopic (exact) mass is 318 g/mol. The standard InChI is InChI=1S/C17H19FN2OS/c1-12(2)21-14-9-7-13(8-10-14)11-19-17(22)20-16-6-4-3-5-15(16)18/h3-10,12H,11H2,1-2H3,(H2,19,20,22). The Balaban J connectivity index is 1.85. The van der Waals surface area contributed by atoms with E-state index in [-0.39, 0.29) is 11.9 Å². The Hall–Kier alpha value is -2.14. The van der Waals surface area contributed by atoms with Crippen molar-refractivity contribution in [2.24, 2.45) is 0 Å². The molecule has 3 nitrogen and oxygen atoms in total. The molecule has 0 aliphatic rings. The van der Waals surface area contributed by atoms with E-state index in [0.717, 1.165) is 11.3 Å². The molecule has 0 aliphatic heterocycles. The Kier molecular flexibility index (Phi) is 5.72. The molecule has 0 bridgehead atoms. The summed E-state index contributed by atoms with van der Waals surface area (Å²) in [5.74, 6) is 0.507. The quantitative estimate of drug-likeness (QED) is 0.813. The fourth-order valence-electron chi connectivity index (χ4n) is 1.87. The third-order valence-corrected chi connectivity index (χ3v) is 3.12. The highest BCUT2D eigenvalue weighted by molar-refractivity contribution is 7.80. The van der Waals surface area contributed by atoms with Crippen LogP contribution in [0.4, 0.5) is 10.1 Å². The van der Waals surface area contributed by atoms with Gasteiger partial charge in [0, 0.05) is 6.54 Å². The zero-order valence-electron chi connectivity index (χ0n) is 12.6. The molecule has 0 saturated carbocycles. The second-order valence-electron chi connectivity index (χ2n) is 5.10. The van der Waals surface area contributed by atoms with Gasteiger partial charge in [-0.05, 0) is 55.9 Å². The van der Waals surface area contributed by atoms with E-state index in [2.05, 4.69) is 10.6 Å². The van der Waals surface area contributed by atoms with Gasteiger partial charge >= 0.3 is 0 Å². The van der Waals surface area contributed by atoms with Gasteiger partial charge in [-0.2, -0.15) is 0 Å². The van der Waals surface area contributed by atoms with Crippen molar-refractivity contribution in [3.05, 3.63) is 59.9 Å². The highest BCUT2D eigenvalue weighted by Gasteiger charge is 2.03. The van der Waals surface area contributed by atoms with Crippen LogP contribution in [0.2, 0.25) is 0 Å². The van der Waals surface area contributed by atoms with Gasteiger partial charge in [0.25, 0.3) is 0 Å². The van der Waals surface area contributed by atoms with Crippen LogP contribution >= 0.6 is 12.2 Å². The third-order valence-electron chi connectivity index (χ3n) is 2.87. The van der Waals surface area contributed by atoms with E-state index < -0.39 is 0 Å². The molecule has 0 heterocycles. The number of ether oxygens (including phenoxy) is 1. The first-order valence-electron chi connectivity index (χ1n) is 7.09. The molecule has 2 aromatic carbocycles. The van der Waals surface area contributed by atoms with Crippen LogP contribution in [0.3, 0.4) is 0 Å². The van der Waals surface area contributed by atoms with Crippen LogP contribution in [0, 0.1) is 5.82 Å². The molecule has 0 amide bonds. The molecule has 0 aliphatic carbocycles. The van der Waals surface area contributed by atoms with Crippen molar-refractivity contribution in [2.75, 3.05) is 5.32 Å². The summed E-state index contributed by atoms with van der Waals surface area (Å²) >= 11 is 5.16. The largest absolute Gasteiger partial charge is 0.491 e. The molecule has 22 heavy (non-hydrogen) atoms. The topological polar surface area (TPSA) is 33.3 Å². The van der Waals surface area contributed by atoms with Crippen LogP contribution in [-0.2, 0) is 6.54 Å². The summed E-state index contributed by atoms with van der Waals surface area (Å²) in [4.78, 5) is 0. The van der Waals surface area contributed by atoms with Crippen molar-refractivity contribution >= 4 is 23.0 Å². The van der Waals surface area contributed by atoms with Gasteiger partial charge in [0.1, 0.15) is 11.6 Å². The second-order valence-corrected chi connectivity index (χ2v) is 5.51. The van der Waals surface area contributed by atoms with Crippen molar-refractivity contribution in [3.8, 4) is 5.75 Å². The fourth-order valence-corrected chi connectivity index (χ4v) is 2.05. The van der Waals surface area contributed by atoms with Crippen molar-refractivity contribution < 1.29 is 9.13 Å². The van der Waals surface area contributed by atoms with Crippen LogP contribution in [0.25, 0.3) is 0 Å². The fraction of sp³-hybridized carbons (Fsp3) is 0.235. The van der Waals surface area contributed by atoms with E-state index >= 15 is 0 Å². The molecule has 2 N–H and O–H groups in total. The van der Waals surface area contributed by atoms with Gasteiger partial charge < -0.3 is 15.4 Å². The van der Waals surface area contributed by atoms with Crippen LogP contribution in [0.15, 0.2) is 48.5 Å². The Bertz CT molecular complexity index is 629. The molecule has 0 spiro atoms. The van der Waals surface area contributed by atoms with Crippen molar-refractivity contribution in [1.82, 2.24) is 5.32 Å². The maximum Gasteiger partial charge on any atom is 0.171 e. The zero-order valence-corrected chi connectivity index (χ0v) is 13.4. The van der Waals surface area contributed by atoms with Gasteiger partial charge in [-0.3, -0.25) is 0 Å². The Morgan fingerprint density at radius 1 is 1.14 bits per heavy atom. The number of nitrogens with one attached hydrogen (secondary N) is 2. The molecule has 0 saturated heterocycles. The molecule has 0 atom stereocenters. The number of para-hydroxylation sites is 1. The summed E-state index contributed by atoms with van der Waals surface area (Å²) < 4.78 is 19.1. The Morgan fingerprint density at radius 3 is 2.45 bits per heavy atom. The number of benzene rings is 2. The normalized spacial score (nSPS) is 10.4. The van der Waals surface area contributed by atoms with Crippen molar-refractivity contribution in [1.29, 1.82) is 0 Å². The minimum absolute atomic E-state index is 0.154. The van der Waals surface area contributed by atoms with E-state index in [1.54, 1.807) is 18.2 Å². The maximum atomic E-state index is 13.5. The smallest absolute Gasteiger partial charge is 0.171 e. The number of hydrogen-bond acceptors (Lipinski definition) is 2. The van der Waals surface area contributed by atoms with E-state index in [4.69, 9.17) is 17.0 Å². The summed E-state index contributed by atoms with van der Waals surface area (Å²) in [5, 5.41) is 6.27. The summed E-state index contributed by atoms with van der Waals surface area (Å²) in [6, 6.07) is 14.2. The van der Waals surface area contributed by atoms with Crippen molar-refractivity contribution in [3.63, 3.8) is 0 Å². The number of halogens is 1. The molecule has 0 unspecified atom stereocenters. The third kappa shape index (κ3) is 5.00. The lowest BCUT2D eigenvalue weighted by molar-refractivity contribution is 0.242. The lowest BCUT2D eigenvalue weighted by Gasteiger charge is -2.12. The summed E-state index contributed by atoms with van der Waals surface area (Å²) in [6.45, 7) is 4.53. The molecular formula is C17H19FN2OS. The van der Waals surface area contributed by atoms with E-state index in [1.807, 2.05) is 38.1 Å². The molecule has 5 heteroatoms. The number of thiocarbonyl (C=S) groups is 1. The number of hydrogen-bond donors (Lipinski definition) is 2. The molecule has 116 valence electrons. The summed E-state index contributed by atoms with van der Waals surface area (Å²) in [5.41, 5.74) is 1.43. The zero-order chi connectivity index (χ0) is 15.9. The second kappa shape index (κ2) is 7.75. The minimum atomic E-state index is -0.332. The highest BCUT2D eigenvalue weighted by atomic mass is 32.1. The predicted molar refractivity (Wildman–Crippen MR) is 91.7 cm³/mol. The average Bonchev–Trinajstić information content (AvgIpc) is 2.48. The minimum Gasteiger partial charge on any atom is -0.491 e. The van der Waals surface area contributed by atoms with E-state index in [1.165, 1.54) is 6.07 Å². The van der Waals surface area contributed by atoms with E-state index in [0.29, 0.717) is 17.3 Å². The van der Waals surface area contributed by atoms with Crippen LogP contribution in [0.1, 0.15) is 19.4 Å². The Labute approximate surface area is 135 Å². The first kappa shape index (κ1) is 16.2. The molecule has 2 rings (SSSR count). The molecular weight excluding hydrogens is 299 g/mol. The van der Waals surface area contributed by atoms with Crippen molar-refractivity contribution in [2.45, 2.75) is 26.5 Å². The van der Waals surface area contributed by atoms with Gasteiger partial charge in [-0.15, -0.1) is 0 Å². The number of anilines is 1. The van der Waals surface area contributed by atoms with Crippen LogP contribution < -0.4 is 15.4 Å². The van der Waals surface area contributed by atoms with Crippen LogP contribution in [0.5, 0.6) is 5.75 Å². The van der Waals surface area contributed by atoms with Gasteiger partial charge in [0.2, 0.25) is 0 Å². The lowest BCUT2D eigenvalue weighted by atomic mass is 10.2. The summed E-state index contributed by atoms with van der Waals surface area (Å²) in [7, 11) is 0. The lowest BCUT2D eigenvalue weighted by Crippen LogP contribution is -2.28. The Morgan fingerprint density at radius 2 is 1.82 bits per heavy atom. The predicted octanol–water partition coefficient (Wildman–Crippen LogP) is 4.10. The first-order valence-corrected chi connectivity index (χ1v) is 7.50. The summed E-state index contributed by atoms with van der Waals surface area (Å²) in [6.07, 6.45) is 0.154. The van der Waals surface area contributed by atoms with Crippen LogP contribution in [-0.4, -0.2) is 11.2 Å². The first-order chi connectivity index (χ1) is 10.5. The molecule has 0 radical (unpaired) electrons. The van der Waals surface area contributed by atoms with Gasteiger partial charge in [0.15, 0.2) is 5.11 Å². The maximum absolute atomic E-state index is 13.5. The van der Waals surface area contributed by atoms with E-state index in [9.17, 15) is 4.39 Å². The van der Waals surface area contributed by atoms with Gasteiger partial charge in [-0.1, -0.05) is 24.3 Å².